The van der Waals surface area contributed by atoms with Gasteiger partial charge in [0.05, 0.1) is 5.02 Å². The molecule has 0 bridgehead atoms. The molecule has 7 nitrogen and oxygen atoms in total. The molecule has 1 atom stereocenters. The summed E-state index contributed by atoms with van der Waals surface area (Å²) in [6, 6.07) is 17.7. The van der Waals surface area contributed by atoms with Crippen molar-refractivity contribution in [3.63, 3.8) is 0 Å². The second-order valence-electron chi connectivity index (χ2n) is 10.3. The highest BCUT2D eigenvalue weighted by Crippen LogP contribution is 2.32. The minimum absolute atomic E-state index is 0.0582. The van der Waals surface area contributed by atoms with E-state index in [1.807, 2.05) is 69.0 Å². The van der Waals surface area contributed by atoms with Crippen molar-refractivity contribution < 1.29 is 9.59 Å². The number of unbranched alkanes of at least 4 members (excludes halogenated alkanes) is 4. The quantitative estimate of drug-likeness (QED) is 0.162. The standard InChI is InChI=1S/C31H40ClN5O2S/c1-3-4-5-6-10-18-29(39)36-21-20-35(23-24(36)2)28(38)19-13-22-40-31-34-33-30(26-16-11-12-17-27(26)32)37(31)25-14-8-7-9-15-25/h7-9,11-12,14-17,24H,3-6,10,13,18-23H2,1-2H3. The normalized spacial score (nSPS) is 15.4. The van der Waals surface area contributed by atoms with Crippen molar-refractivity contribution in [3.8, 4) is 17.1 Å². The van der Waals surface area contributed by atoms with Gasteiger partial charge in [0, 0.05) is 55.5 Å². The van der Waals surface area contributed by atoms with Gasteiger partial charge in [-0.2, -0.15) is 0 Å². The SMILES string of the molecule is CCCCCCCC(=O)N1CCN(C(=O)CCCSc2nnc(-c3ccccc3Cl)n2-c2ccccc2)CC1C. The number of benzene rings is 2. The average molecular weight is 582 g/mol. The van der Waals surface area contributed by atoms with Crippen molar-refractivity contribution in [2.24, 2.45) is 0 Å². The molecule has 0 radical (unpaired) electrons. The van der Waals surface area contributed by atoms with Gasteiger partial charge in [-0.1, -0.05) is 86.3 Å². The molecular formula is C31H40ClN5O2S. The van der Waals surface area contributed by atoms with Crippen molar-refractivity contribution >= 4 is 35.2 Å². The summed E-state index contributed by atoms with van der Waals surface area (Å²) >= 11 is 8.08. The summed E-state index contributed by atoms with van der Waals surface area (Å²) in [5.41, 5.74) is 1.79. The lowest BCUT2D eigenvalue weighted by Gasteiger charge is -2.40. The fourth-order valence-corrected chi connectivity index (χ4v) is 6.22. The lowest BCUT2D eigenvalue weighted by molar-refractivity contribution is -0.142. The Morgan fingerprint density at radius 3 is 2.38 bits per heavy atom. The summed E-state index contributed by atoms with van der Waals surface area (Å²) in [5.74, 6) is 1.81. The van der Waals surface area contributed by atoms with Gasteiger partial charge in [0.1, 0.15) is 0 Å². The van der Waals surface area contributed by atoms with Crippen molar-refractivity contribution in [1.29, 1.82) is 0 Å². The van der Waals surface area contributed by atoms with E-state index in [2.05, 4.69) is 24.0 Å². The third-order valence-electron chi connectivity index (χ3n) is 7.32. The highest BCUT2D eigenvalue weighted by atomic mass is 35.5. The van der Waals surface area contributed by atoms with Crippen LogP contribution < -0.4 is 0 Å². The predicted molar refractivity (Wildman–Crippen MR) is 163 cm³/mol. The summed E-state index contributed by atoms with van der Waals surface area (Å²) in [6.07, 6.45) is 7.55. The number of carbonyl (C=O) groups excluding carboxylic acids is 2. The van der Waals surface area contributed by atoms with Gasteiger partial charge in [-0.05, 0) is 44.0 Å². The Morgan fingerprint density at radius 1 is 0.900 bits per heavy atom. The van der Waals surface area contributed by atoms with E-state index in [9.17, 15) is 9.59 Å². The predicted octanol–water partition coefficient (Wildman–Crippen LogP) is 6.88. The Bertz CT molecular complexity index is 1250. The zero-order valence-corrected chi connectivity index (χ0v) is 25.2. The molecule has 40 heavy (non-hydrogen) atoms. The fourth-order valence-electron chi connectivity index (χ4n) is 5.11. The number of amides is 2. The minimum atomic E-state index is 0.0582. The van der Waals surface area contributed by atoms with Gasteiger partial charge in [-0.15, -0.1) is 10.2 Å². The maximum Gasteiger partial charge on any atom is 0.222 e. The number of hydrogen-bond donors (Lipinski definition) is 0. The molecule has 9 heteroatoms. The Labute approximate surface area is 247 Å². The number of aromatic nitrogens is 3. The molecule has 0 aliphatic carbocycles. The van der Waals surface area contributed by atoms with Crippen molar-refractivity contribution in [2.75, 3.05) is 25.4 Å². The molecule has 1 saturated heterocycles. The van der Waals surface area contributed by atoms with Crippen LogP contribution in [0.1, 0.15) is 65.2 Å². The number of halogens is 1. The van der Waals surface area contributed by atoms with E-state index in [1.54, 1.807) is 11.8 Å². The third kappa shape index (κ3) is 7.88. The first-order valence-electron chi connectivity index (χ1n) is 14.5. The van der Waals surface area contributed by atoms with Crippen molar-refractivity contribution in [1.82, 2.24) is 24.6 Å². The lowest BCUT2D eigenvalue weighted by Crippen LogP contribution is -2.55. The third-order valence-corrected chi connectivity index (χ3v) is 8.67. The van der Waals surface area contributed by atoms with Crippen molar-refractivity contribution in [2.45, 2.75) is 76.4 Å². The van der Waals surface area contributed by atoms with Crippen LogP contribution >= 0.6 is 23.4 Å². The molecule has 2 amide bonds. The first-order chi connectivity index (χ1) is 19.5. The molecule has 0 saturated carbocycles. The van der Waals surface area contributed by atoms with Crippen LogP contribution in [0, 0.1) is 0 Å². The summed E-state index contributed by atoms with van der Waals surface area (Å²) in [7, 11) is 0. The molecule has 2 aromatic carbocycles. The monoisotopic (exact) mass is 581 g/mol. The van der Waals surface area contributed by atoms with Gasteiger partial charge in [0.25, 0.3) is 0 Å². The first-order valence-corrected chi connectivity index (χ1v) is 15.8. The molecule has 2 heterocycles. The van der Waals surface area contributed by atoms with E-state index >= 15 is 0 Å². The van der Waals surface area contributed by atoms with Crippen LogP contribution in [0.2, 0.25) is 5.02 Å². The number of thioether (sulfide) groups is 1. The highest BCUT2D eigenvalue weighted by molar-refractivity contribution is 7.99. The van der Waals surface area contributed by atoms with E-state index < -0.39 is 0 Å². The van der Waals surface area contributed by atoms with E-state index in [4.69, 9.17) is 11.6 Å². The van der Waals surface area contributed by atoms with E-state index in [0.29, 0.717) is 43.3 Å². The molecule has 1 fully saturated rings. The van der Waals surface area contributed by atoms with E-state index in [-0.39, 0.29) is 17.9 Å². The molecular weight excluding hydrogens is 542 g/mol. The van der Waals surface area contributed by atoms with Crippen LogP contribution in [0.4, 0.5) is 0 Å². The number of para-hydroxylation sites is 1. The number of carbonyl (C=O) groups is 2. The highest BCUT2D eigenvalue weighted by Gasteiger charge is 2.29. The zero-order valence-electron chi connectivity index (χ0n) is 23.6. The van der Waals surface area contributed by atoms with Gasteiger partial charge in [-0.3, -0.25) is 14.2 Å². The van der Waals surface area contributed by atoms with Crippen LogP contribution in [-0.4, -0.2) is 67.8 Å². The first kappa shape index (κ1) is 30.1. The fraction of sp³-hybridized carbons (Fsp3) is 0.484. The van der Waals surface area contributed by atoms with Gasteiger partial charge in [0.2, 0.25) is 11.8 Å². The molecule has 1 aliphatic rings. The maximum atomic E-state index is 13.0. The molecule has 0 spiro atoms. The summed E-state index contributed by atoms with van der Waals surface area (Å²) in [4.78, 5) is 29.6. The number of rotatable bonds is 13. The van der Waals surface area contributed by atoms with Gasteiger partial charge in [-0.25, -0.2) is 0 Å². The van der Waals surface area contributed by atoms with Crippen LogP contribution in [0.3, 0.4) is 0 Å². The van der Waals surface area contributed by atoms with Crippen molar-refractivity contribution in [3.05, 3.63) is 59.6 Å². The Morgan fingerprint density at radius 2 is 1.62 bits per heavy atom. The summed E-state index contributed by atoms with van der Waals surface area (Å²) in [5, 5.41) is 10.3. The number of hydrogen-bond acceptors (Lipinski definition) is 5. The molecule has 4 rings (SSSR count). The molecule has 214 valence electrons. The van der Waals surface area contributed by atoms with Crippen LogP contribution in [0.15, 0.2) is 59.8 Å². The average Bonchev–Trinajstić information content (AvgIpc) is 3.39. The second-order valence-corrected chi connectivity index (χ2v) is 11.8. The zero-order chi connectivity index (χ0) is 28.3. The second kappa shape index (κ2) is 15.2. The van der Waals surface area contributed by atoms with E-state index in [0.717, 1.165) is 41.4 Å². The van der Waals surface area contributed by atoms with Crippen LogP contribution in [0.25, 0.3) is 17.1 Å². The number of nitrogens with zero attached hydrogens (tertiary/aromatic N) is 5. The number of piperazine rings is 1. The van der Waals surface area contributed by atoms with Gasteiger partial charge in [0.15, 0.2) is 11.0 Å². The Hall–Kier alpha value is -2.84. The van der Waals surface area contributed by atoms with Crippen LogP contribution in [-0.2, 0) is 9.59 Å². The molecule has 3 aromatic rings. The van der Waals surface area contributed by atoms with Crippen LogP contribution in [0.5, 0.6) is 0 Å². The molecule has 1 aliphatic heterocycles. The van der Waals surface area contributed by atoms with Gasteiger partial charge < -0.3 is 9.80 Å². The molecule has 1 unspecified atom stereocenters. The maximum absolute atomic E-state index is 13.0. The lowest BCUT2D eigenvalue weighted by atomic mass is 10.1. The molecule has 0 N–H and O–H groups in total. The summed E-state index contributed by atoms with van der Waals surface area (Å²) in [6.45, 7) is 6.10. The molecule has 1 aromatic heterocycles. The van der Waals surface area contributed by atoms with E-state index in [1.165, 1.54) is 19.3 Å². The Balaban J connectivity index is 1.28. The van der Waals surface area contributed by atoms with Gasteiger partial charge >= 0.3 is 0 Å². The summed E-state index contributed by atoms with van der Waals surface area (Å²) < 4.78 is 2.02. The smallest absolute Gasteiger partial charge is 0.222 e. The topological polar surface area (TPSA) is 71.3 Å². The minimum Gasteiger partial charge on any atom is -0.339 e. The Kier molecular flexibility index (Phi) is 11.5. The largest absolute Gasteiger partial charge is 0.339 e.